The highest BCUT2D eigenvalue weighted by Gasteiger charge is 2.16. The Balaban J connectivity index is 0.00000364. The molecule has 2 aromatic carbocycles. The van der Waals surface area contributed by atoms with Gasteiger partial charge in [0.1, 0.15) is 0 Å². The Morgan fingerprint density at radius 1 is 1.00 bits per heavy atom. The zero-order chi connectivity index (χ0) is 18.9. The number of benzene rings is 2. The molecule has 6 nitrogen and oxygen atoms in total. The maximum Gasteiger partial charge on any atom is 0.220 e. The number of amides is 1. The smallest absolute Gasteiger partial charge is 0.220 e. The van der Waals surface area contributed by atoms with Crippen molar-refractivity contribution in [2.75, 3.05) is 27.9 Å². The third-order valence-electron chi connectivity index (χ3n) is 4.15. The topological polar surface area (TPSA) is 82.8 Å². The van der Waals surface area contributed by atoms with Gasteiger partial charge in [-0.1, -0.05) is 36.4 Å². The van der Waals surface area contributed by atoms with Crippen LogP contribution in [0.3, 0.4) is 0 Å². The summed E-state index contributed by atoms with van der Waals surface area (Å²) < 4.78 is 16.1. The van der Waals surface area contributed by atoms with Crippen LogP contribution in [0.25, 0.3) is 0 Å². The van der Waals surface area contributed by atoms with Gasteiger partial charge < -0.3 is 25.3 Å². The number of carbonyl (C=O) groups excluding carboxylic acids is 1. The Kier molecular flexibility index (Phi) is 9.47. The molecule has 0 fully saturated rings. The standard InChI is InChI=1S/C20H26N2O4.ClH/c1-24-17-11-9-15(19(25-2)20(17)26-3)10-12-18(23)22-13-16(21)14-7-5-4-6-8-14;/h4-9,11,16H,10,12-13,21H2,1-3H3,(H,22,23);1H. The van der Waals surface area contributed by atoms with Crippen LogP contribution in [-0.2, 0) is 11.2 Å². The first-order valence-electron chi connectivity index (χ1n) is 8.45. The average molecular weight is 395 g/mol. The summed E-state index contributed by atoms with van der Waals surface area (Å²) in [6.45, 7) is 0.395. The minimum absolute atomic E-state index is 0. The summed E-state index contributed by atoms with van der Waals surface area (Å²) in [4.78, 5) is 12.2. The molecule has 0 aromatic heterocycles. The van der Waals surface area contributed by atoms with E-state index >= 15 is 0 Å². The predicted molar refractivity (Wildman–Crippen MR) is 108 cm³/mol. The Morgan fingerprint density at radius 2 is 1.67 bits per heavy atom. The molecule has 3 N–H and O–H groups in total. The molecule has 0 aliphatic rings. The van der Waals surface area contributed by atoms with Crippen LogP contribution >= 0.6 is 12.4 Å². The van der Waals surface area contributed by atoms with Crippen molar-refractivity contribution in [1.29, 1.82) is 0 Å². The zero-order valence-corrected chi connectivity index (χ0v) is 16.7. The molecule has 0 heterocycles. The van der Waals surface area contributed by atoms with Gasteiger partial charge in [0.05, 0.1) is 21.3 Å². The third-order valence-corrected chi connectivity index (χ3v) is 4.15. The molecule has 0 radical (unpaired) electrons. The minimum Gasteiger partial charge on any atom is -0.493 e. The lowest BCUT2D eigenvalue weighted by Gasteiger charge is -2.16. The van der Waals surface area contributed by atoms with E-state index in [0.29, 0.717) is 36.6 Å². The second-order valence-electron chi connectivity index (χ2n) is 5.81. The van der Waals surface area contributed by atoms with Crippen LogP contribution < -0.4 is 25.3 Å². The number of ether oxygens (including phenoxy) is 3. The number of carbonyl (C=O) groups is 1. The normalized spacial score (nSPS) is 11.1. The number of hydrogen-bond acceptors (Lipinski definition) is 5. The number of rotatable bonds is 9. The van der Waals surface area contributed by atoms with Crippen molar-refractivity contribution in [3.8, 4) is 17.2 Å². The Morgan fingerprint density at radius 3 is 2.26 bits per heavy atom. The summed E-state index contributed by atoms with van der Waals surface area (Å²) in [6.07, 6.45) is 0.850. The van der Waals surface area contributed by atoms with E-state index in [9.17, 15) is 4.79 Å². The van der Waals surface area contributed by atoms with Gasteiger partial charge in [0.2, 0.25) is 11.7 Å². The lowest BCUT2D eigenvalue weighted by Crippen LogP contribution is -2.32. The van der Waals surface area contributed by atoms with Crippen molar-refractivity contribution in [3.05, 3.63) is 53.6 Å². The largest absolute Gasteiger partial charge is 0.493 e. The van der Waals surface area contributed by atoms with Crippen molar-refractivity contribution in [1.82, 2.24) is 5.32 Å². The number of hydrogen-bond donors (Lipinski definition) is 2. The molecule has 1 unspecified atom stereocenters. The molecule has 0 saturated heterocycles. The fourth-order valence-corrected chi connectivity index (χ4v) is 2.74. The minimum atomic E-state index is -0.226. The van der Waals surface area contributed by atoms with E-state index in [2.05, 4.69) is 5.32 Å². The van der Waals surface area contributed by atoms with Crippen molar-refractivity contribution in [2.24, 2.45) is 5.73 Å². The highest BCUT2D eigenvalue weighted by Crippen LogP contribution is 2.40. The van der Waals surface area contributed by atoms with Gasteiger partial charge in [-0.25, -0.2) is 0 Å². The lowest BCUT2D eigenvalue weighted by atomic mass is 10.1. The van der Waals surface area contributed by atoms with Crippen molar-refractivity contribution >= 4 is 18.3 Å². The summed E-state index contributed by atoms with van der Waals surface area (Å²) in [5.74, 6) is 1.64. The van der Waals surface area contributed by atoms with Gasteiger partial charge in [0, 0.05) is 19.0 Å². The Bertz CT molecular complexity index is 725. The van der Waals surface area contributed by atoms with E-state index in [1.807, 2.05) is 36.4 Å². The number of nitrogens with one attached hydrogen (secondary N) is 1. The van der Waals surface area contributed by atoms with Gasteiger partial charge in [0.15, 0.2) is 11.5 Å². The Labute approximate surface area is 166 Å². The quantitative estimate of drug-likeness (QED) is 0.683. The van der Waals surface area contributed by atoms with E-state index in [1.54, 1.807) is 27.4 Å². The number of methoxy groups -OCH3 is 3. The zero-order valence-electron chi connectivity index (χ0n) is 15.9. The van der Waals surface area contributed by atoms with Crippen molar-refractivity contribution in [2.45, 2.75) is 18.9 Å². The molecular formula is C20H27ClN2O4. The molecule has 1 atom stereocenters. The first kappa shape index (κ1) is 22.6. The lowest BCUT2D eigenvalue weighted by molar-refractivity contribution is -0.121. The van der Waals surface area contributed by atoms with Crippen LogP contribution in [-0.4, -0.2) is 33.8 Å². The first-order chi connectivity index (χ1) is 12.6. The van der Waals surface area contributed by atoms with E-state index in [-0.39, 0.29) is 24.4 Å². The molecular weight excluding hydrogens is 368 g/mol. The van der Waals surface area contributed by atoms with Gasteiger partial charge in [-0.2, -0.15) is 0 Å². The molecule has 7 heteroatoms. The van der Waals surface area contributed by atoms with Gasteiger partial charge >= 0.3 is 0 Å². The monoisotopic (exact) mass is 394 g/mol. The molecule has 2 aromatic rings. The van der Waals surface area contributed by atoms with E-state index < -0.39 is 0 Å². The number of nitrogens with two attached hydrogens (primary N) is 1. The SMILES string of the molecule is COc1ccc(CCC(=O)NCC(N)c2ccccc2)c(OC)c1OC.Cl. The van der Waals surface area contributed by atoms with Crippen LogP contribution in [0, 0.1) is 0 Å². The molecule has 0 spiro atoms. The number of halogens is 1. The third kappa shape index (κ3) is 6.05. The maximum absolute atomic E-state index is 12.2. The molecule has 27 heavy (non-hydrogen) atoms. The van der Waals surface area contributed by atoms with E-state index in [0.717, 1.165) is 11.1 Å². The van der Waals surface area contributed by atoms with Gasteiger partial charge in [-0.3, -0.25) is 4.79 Å². The summed E-state index contributed by atoms with van der Waals surface area (Å²) in [7, 11) is 4.70. The van der Waals surface area contributed by atoms with Crippen LogP contribution in [0.1, 0.15) is 23.6 Å². The molecule has 0 saturated carbocycles. The van der Waals surface area contributed by atoms with E-state index in [1.165, 1.54) is 0 Å². The van der Waals surface area contributed by atoms with E-state index in [4.69, 9.17) is 19.9 Å². The Hall–Kier alpha value is -2.44. The van der Waals surface area contributed by atoms with Crippen molar-refractivity contribution in [3.63, 3.8) is 0 Å². The molecule has 0 aliphatic carbocycles. The van der Waals surface area contributed by atoms with Crippen LogP contribution in [0.5, 0.6) is 17.2 Å². The summed E-state index contributed by atoms with van der Waals surface area (Å²) >= 11 is 0. The second-order valence-corrected chi connectivity index (χ2v) is 5.81. The van der Waals surface area contributed by atoms with Gasteiger partial charge in [0.25, 0.3) is 0 Å². The highest BCUT2D eigenvalue weighted by molar-refractivity contribution is 5.85. The molecule has 1 amide bonds. The maximum atomic E-state index is 12.2. The molecule has 2 rings (SSSR count). The van der Waals surface area contributed by atoms with Crippen LogP contribution in [0.2, 0.25) is 0 Å². The van der Waals surface area contributed by atoms with Gasteiger partial charge in [-0.05, 0) is 23.6 Å². The molecule has 148 valence electrons. The fourth-order valence-electron chi connectivity index (χ4n) is 2.74. The second kappa shape index (κ2) is 11.3. The summed E-state index contributed by atoms with van der Waals surface area (Å²) in [6, 6.07) is 13.2. The molecule has 0 aliphatic heterocycles. The first-order valence-corrected chi connectivity index (χ1v) is 8.45. The van der Waals surface area contributed by atoms with Crippen molar-refractivity contribution < 1.29 is 19.0 Å². The summed E-state index contributed by atoms with van der Waals surface area (Å²) in [5, 5.41) is 2.88. The summed E-state index contributed by atoms with van der Waals surface area (Å²) in [5.41, 5.74) is 7.98. The van der Waals surface area contributed by atoms with Crippen LogP contribution in [0.15, 0.2) is 42.5 Å². The average Bonchev–Trinajstić information content (AvgIpc) is 2.69. The van der Waals surface area contributed by atoms with Gasteiger partial charge in [-0.15, -0.1) is 12.4 Å². The highest BCUT2D eigenvalue weighted by atomic mass is 35.5. The number of aryl methyl sites for hydroxylation is 1. The molecule has 0 bridgehead atoms. The fraction of sp³-hybridized carbons (Fsp3) is 0.350. The predicted octanol–water partition coefficient (Wildman–Crippen LogP) is 2.88. The van der Waals surface area contributed by atoms with Crippen LogP contribution in [0.4, 0.5) is 0 Å².